The fourth-order valence-corrected chi connectivity index (χ4v) is 4.05. The first-order valence-electron chi connectivity index (χ1n) is 9.20. The zero-order valence-electron chi connectivity index (χ0n) is 15.5. The highest BCUT2D eigenvalue weighted by molar-refractivity contribution is 5.88. The predicted octanol–water partition coefficient (Wildman–Crippen LogP) is 2.26. The van der Waals surface area contributed by atoms with Gasteiger partial charge in [0.15, 0.2) is 5.65 Å². The number of hydrogen-bond acceptors (Lipinski definition) is 5. The van der Waals surface area contributed by atoms with Crippen molar-refractivity contribution in [3.63, 3.8) is 0 Å². The van der Waals surface area contributed by atoms with E-state index in [1.807, 2.05) is 36.4 Å². The molecule has 0 radical (unpaired) electrons. The summed E-state index contributed by atoms with van der Waals surface area (Å²) in [5.74, 6) is 0.874. The van der Waals surface area contributed by atoms with Crippen LogP contribution in [0.3, 0.4) is 0 Å². The molecule has 1 aliphatic rings. The fraction of sp³-hybridized carbons (Fsp3) is 0.136. The maximum absolute atomic E-state index is 6.39. The standard InChI is InChI=1S/C22H20N6/c1-22(14-10-6-3-7-11-14)12-15(13-8-4-2-5-9-13)16-18(26-22)17-20(24)27-28-21(17)25-19(16)23/h2-11H,12H2,1H3,(H5,23,24,25,27,28). The third-order valence-electron chi connectivity index (χ3n) is 5.43. The van der Waals surface area contributed by atoms with Crippen molar-refractivity contribution in [1.29, 1.82) is 0 Å². The number of nitrogens with zero attached hydrogens (tertiary/aromatic N) is 3. The first-order chi connectivity index (χ1) is 13.6. The van der Waals surface area contributed by atoms with E-state index in [1.54, 1.807) is 0 Å². The second kappa shape index (κ2) is 5.92. The number of nitrogen functional groups attached to an aromatic ring is 2. The number of nitrogens with two attached hydrogens (primary N) is 2. The average molecular weight is 368 g/mol. The Balaban J connectivity index is 1.96. The van der Waals surface area contributed by atoms with Crippen LogP contribution in [0.15, 0.2) is 65.7 Å². The van der Waals surface area contributed by atoms with Crippen LogP contribution in [0.4, 0.5) is 11.6 Å². The van der Waals surface area contributed by atoms with Gasteiger partial charge in [0, 0.05) is 11.6 Å². The minimum Gasteiger partial charge on any atom is -0.383 e. The van der Waals surface area contributed by atoms with Gasteiger partial charge in [-0.2, -0.15) is 5.10 Å². The molecule has 28 heavy (non-hydrogen) atoms. The lowest BCUT2D eigenvalue weighted by Crippen LogP contribution is -2.41. The van der Waals surface area contributed by atoms with E-state index in [9.17, 15) is 0 Å². The van der Waals surface area contributed by atoms with Crippen LogP contribution in [-0.2, 0) is 5.54 Å². The van der Waals surface area contributed by atoms with Crippen molar-refractivity contribution >= 4 is 28.2 Å². The molecule has 0 aliphatic carbocycles. The van der Waals surface area contributed by atoms with Crippen molar-refractivity contribution in [2.45, 2.75) is 18.9 Å². The summed E-state index contributed by atoms with van der Waals surface area (Å²) in [5.41, 5.74) is 16.0. The zero-order valence-corrected chi connectivity index (χ0v) is 15.5. The highest BCUT2D eigenvalue weighted by Gasteiger charge is 2.32. The summed E-state index contributed by atoms with van der Waals surface area (Å²) < 4.78 is 0. The number of benzene rings is 2. The SMILES string of the molecule is CC1(c2ccccc2)CC(c2ccccc2)=c2c(N)nc3n[nH]c(N)c3c2=N1. The van der Waals surface area contributed by atoms with Crippen molar-refractivity contribution in [2.24, 2.45) is 4.99 Å². The van der Waals surface area contributed by atoms with Gasteiger partial charge in [-0.3, -0.25) is 10.1 Å². The number of aromatic amines is 1. The van der Waals surface area contributed by atoms with Crippen LogP contribution in [0.5, 0.6) is 0 Å². The van der Waals surface area contributed by atoms with Crippen LogP contribution in [0.2, 0.25) is 0 Å². The van der Waals surface area contributed by atoms with Gasteiger partial charge in [0.05, 0.1) is 16.3 Å². The second-order valence-electron chi connectivity index (χ2n) is 7.33. The number of aromatic nitrogens is 3. The molecule has 0 amide bonds. The Labute approximate surface area is 161 Å². The van der Waals surface area contributed by atoms with Crippen LogP contribution in [-0.4, -0.2) is 15.2 Å². The number of anilines is 2. The molecule has 4 aromatic rings. The van der Waals surface area contributed by atoms with E-state index >= 15 is 0 Å². The van der Waals surface area contributed by atoms with Gasteiger partial charge in [-0.15, -0.1) is 0 Å². The van der Waals surface area contributed by atoms with Crippen LogP contribution in [0.1, 0.15) is 24.5 Å². The van der Waals surface area contributed by atoms with Crippen molar-refractivity contribution in [3.8, 4) is 0 Å². The molecule has 6 nitrogen and oxygen atoms in total. The maximum atomic E-state index is 6.39. The molecule has 1 unspecified atom stereocenters. The summed E-state index contributed by atoms with van der Waals surface area (Å²) in [4.78, 5) is 9.65. The van der Waals surface area contributed by atoms with Gasteiger partial charge in [-0.1, -0.05) is 60.7 Å². The zero-order chi connectivity index (χ0) is 19.3. The van der Waals surface area contributed by atoms with Gasteiger partial charge < -0.3 is 11.5 Å². The normalized spacial score (nSPS) is 18.7. The van der Waals surface area contributed by atoms with E-state index in [0.29, 0.717) is 23.7 Å². The molecule has 0 fully saturated rings. The van der Waals surface area contributed by atoms with E-state index in [2.05, 4.69) is 46.4 Å². The Morgan fingerprint density at radius 1 is 0.964 bits per heavy atom. The number of hydrogen-bond donors (Lipinski definition) is 3. The van der Waals surface area contributed by atoms with Gasteiger partial charge in [0.1, 0.15) is 11.6 Å². The number of fused-ring (bicyclic) bond motifs is 3. The van der Waals surface area contributed by atoms with E-state index < -0.39 is 5.54 Å². The molecule has 1 aliphatic heterocycles. The molecule has 0 saturated heterocycles. The van der Waals surface area contributed by atoms with E-state index in [-0.39, 0.29) is 0 Å². The van der Waals surface area contributed by atoms with E-state index in [0.717, 1.165) is 32.7 Å². The Hall–Kier alpha value is -3.67. The van der Waals surface area contributed by atoms with Crippen molar-refractivity contribution in [3.05, 3.63) is 82.4 Å². The lowest BCUT2D eigenvalue weighted by atomic mass is 9.81. The summed E-state index contributed by atoms with van der Waals surface area (Å²) in [5, 5.41) is 9.34. The first kappa shape index (κ1) is 16.5. The summed E-state index contributed by atoms with van der Waals surface area (Å²) in [6.07, 6.45) is 0.711. The van der Waals surface area contributed by atoms with Gasteiger partial charge in [0.25, 0.3) is 0 Å². The number of nitrogens with one attached hydrogen (secondary N) is 1. The number of rotatable bonds is 2. The van der Waals surface area contributed by atoms with Crippen LogP contribution in [0.25, 0.3) is 16.6 Å². The smallest absolute Gasteiger partial charge is 0.187 e. The maximum Gasteiger partial charge on any atom is 0.187 e. The quantitative estimate of drug-likeness (QED) is 0.504. The predicted molar refractivity (Wildman–Crippen MR) is 111 cm³/mol. The molecule has 0 spiro atoms. The lowest BCUT2D eigenvalue weighted by molar-refractivity contribution is 0.490. The Morgan fingerprint density at radius 2 is 1.64 bits per heavy atom. The molecular weight excluding hydrogens is 348 g/mol. The van der Waals surface area contributed by atoms with Gasteiger partial charge in [-0.25, -0.2) is 4.98 Å². The van der Waals surface area contributed by atoms with Crippen LogP contribution in [0, 0.1) is 0 Å². The van der Waals surface area contributed by atoms with Crippen molar-refractivity contribution in [1.82, 2.24) is 15.2 Å². The van der Waals surface area contributed by atoms with E-state index in [1.165, 1.54) is 0 Å². The molecule has 138 valence electrons. The average Bonchev–Trinajstić information content (AvgIpc) is 3.09. The minimum atomic E-state index is -0.454. The minimum absolute atomic E-state index is 0.423. The molecule has 2 aromatic carbocycles. The fourth-order valence-electron chi connectivity index (χ4n) is 4.05. The lowest BCUT2D eigenvalue weighted by Gasteiger charge is -2.30. The third kappa shape index (κ3) is 2.38. The van der Waals surface area contributed by atoms with Gasteiger partial charge in [-0.05, 0) is 23.6 Å². The van der Waals surface area contributed by atoms with Crippen LogP contribution >= 0.6 is 0 Å². The third-order valence-corrected chi connectivity index (χ3v) is 5.43. The summed E-state index contributed by atoms with van der Waals surface area (Å²) >= 11 is 0. The first-order valence-corrected chi connectivity index (χ1v) is 9.20. The topological polar surface area (TPSA) is 106 Å². The Bertz CT molecular complexity index is 1310. The number of H-pyrrole nitrogens is 1. The van der Waals surface area contributed by atoms with Gasteiger partial charge in [0.2, 0.25) is 0 Å². The Kier molecular flexibility index (Phi) is 3.49. The monoisotopic (exact) mass is 368 g/mol. The molecule has 6 heteroatoms. The highest BCUT2D eigenvalue weighted by Crippen LogP contribution is 2.36. The largest absolute Gasteiger partial charge is 0.383 e. The molecule has 5 rings (SSSR count). The summed E-state index contributed by atoms with van der Waals surface area (Å²) in [6.45, 7) is 2.15. The summed E-state index contributed by atoms with van der Waals surface area (Å²) in [7, 11) is 0. The molecule has 3 heterocycles. The number of pyridine rings is 1. The van der Waals surface area contributed by atoms with Crippen molar-refractivity contribution in [2.75, 3.05) is 11.5 Å². The summed E-state index contributed by atoms with van der Waals surface area (Å²) in [6, 6.07) is 20.6. The molecule has 0 bridgehead atoms. The van der Waals surface area contributed by atoms with Gasteiger partial charge >= 0.3 is 0 Å². The highest BCUT2D eigenvalue weighted by atomic mass is 15.2. The van der Waals surface area contributed by atoms with Crippen LogP contribution < -0.4 is 22.0 Å². The molecule has 0 saturated carbocycles. The second-order valence-corrected chi connectivity index (χ2v) is 7.33. The Morgan fingerprint density at radius 3 is 2.36 bits per heavy atom. The molecule has 1 atom stereocenters. The molecule has 5 N–H and O–H groups in total. The molecule has 2 aromatic heterocycles. The van der Waals surface area contributed by atoms with Crippen molar-refractivity contribution < 1.29 is 0 Å². The molecular formula is C22H20N6. The van der Waals surface area contributed by atoms with E-state index in [4.69, 9.17) is 16.5 Å².